The molecule has 3 rings (SSSR count). The predicted octanol–water partition coefficient (Wildman–Crippen LogP) is 1.09. The fourth-order valence-electron chi connectivity index (χ4n) is 3.26. The number of nitrogens with zero attached hydrogens (tertiary/aromatic N) is 3. The van der Waals surface area contributed by atoms with Crippen molar-refractivity contribution in [3.8, 4) is 0 Å². The Kier molecular flexibility index (Phi) is 5.26. The van der Waals surface area contributed by atoms with E-state index in [-0.39, 0.29) is 6.61 Å². The molecule has 2 unspecified atom stereocenters. The Labute approximate surface area is 151 Å². The molecule has 0 bridgehead atoms. The molecule has 9 nitrogen and oxygen atoms in total. The Bertz CT molecular complexity index is 795. The first-order chi connectivity index (χ1) is 12.5. The summed E-state index contributed by atoms with van der Waals surface area (Å²) < 4.78 is 13.2. The molecule has 4 atom stereocenters. The molecule has 9 heteroatoms. The molecule has 142 valence electrons. The van der Waals surface area contributed by atoms with Crippen LogP contribution >= 0.6 is 0 Å². The Balaban J connectivity index is 2.15. The minimum absolute atomic E-state index is 0.323. The van der Waals surface area contributed by atoms with Crippen molar-refractivity contribution in [3.63, 3.8) is 0 Å². The molecule has 2 aromatic rings. The van der Waals surface area contributed by atoms with Crippen molar-refractivity contribution in [1.82, 2.24) is 14.5 Å². The van der Waals surface area contributed by atoms with Crippen LogP contribution in [-0.2, 0) is 14.3 Å². The van der Waals surface area contributed by atoms with Crippen LogP contribution in [0.5, 0.6) is 0 Å². The first kappa shape index (κ1) is 18.7. The largest absolute Gasteiger partial charge is 0.394 e. The second-order valence-electron chi connectivity index (χ2n) is 6.19. The van der Waals surface area contributed by atoms with Gasteiger partial charge in [0.25, 0.3) is 0 Å². The van der Waals surface area contributed by atoms with Gasteiger partial charge < -0.3 is 24.3 Å². The predicted molar refractivity (Wildman–Crippen MR) is 95.3 cm³/mol. The summed E-state index contributed by atoms with van der Waals surface area (Å²) in [6.45, 7) is 7.58. The van der Waals surface area contributed by atoms with Crippen LogP contribution in [0.2, 0.25) is 0 Å². The van der Waals surface area contributed by atoms with Gasteiger partial charge in [-0.25, -0.2) is 15.4 Å². The summed E-state index contributed by atoms with van der Waals surface area (Å²) in [5.41, 5.74) is 3.07. The highest BCUT2D eigenvalue weighted by atomic mass is 16.6. The smallest absolute Gasteiger partial charge is 0.167 e. The normalized spacial score (nSPS) is 28.6. The van der Waals surface area contributed by atoms with Crippen molar-refractivity contribution in [2.75, 3.05) is 25.8 Å². The molecule has 0 spiro atoms. The van der Waals surface area contributed by atoms with E-state index < -0.39 is 24.0 Å². The number of aliphatic hydroxyl groups is 2. The average molecular weight is 364 g/mol. The monoisotopic (exact) mass is 364 g/mol. The number of hydrogen-bond donors (Lipinski definition) is 3. The van der Waals surface area contributed by atoms with Gasteiger partial charge in [-0.1, -0.05) is 12.7 Å². The van der Waals surface area contributed by atoms with Gasteiger partial charge in [0.15, 0.2) is 12.0 Å². The zero-order valence-corrected chi connectivity index (χ0v) is 15.0. The number of aliphatic hydroxyl groups excluding tert-OH is 2. The maximum Gasteiger partial charge on any atom is 0.167 e. The Morgan fingerprint density at radius 1 is 1.50 bits per heavy atom. The molecule has 3 heterocycles. The third-order valence-corrected chi connectivity index (χ3v) is 4.78. The van der Waals surface area contributed by atoms with Crippen LogP contribution < -0.4 is 5.48 Å². The Morgan fingerprint density at radius 2 is 2.27 bits per heavy atom. The van der Waals surface area contributed by atoms with Gasteiger partial charge in [-0.15, -0.1) is 0 Å². The van der Waals surface area contributed by atoms with Crippen LogP contribution in [0.3, 0.4) is 0 Å². The lowest BCUT2D eigenvalue weighted by molar-refractivity contribution is -0.118. The highest BCUT2D eigenvalue weighted by Gasteiger charge is 2.54. The molecule has 0 aromatic carbocycles. The van der Waals surface area contributed by atoms with E-state index >= 15 is 0 Å². The van der Waals surface area contributed by atoms with E-state index in [0.29, 0.717) is 23.5 Å². The minimum Gasteiger partial charge on any atom is -0.394 e. The number of methoxy groups -OCH3 is 1. The lowest BCUT2D eigenvalue weighted by Crippen LogP contribution is -2.46. The van der Waals surface area contributed by atoms with Crippen molar-refractivity contribution < 1.29 is 24.5 Å². The van der Waals surface area contributed by atoms with E-state index in [2.05, 4.69) is 22.0 Å². The molecule has 0 aliphatic carbocycles. The lowest BCUT2D eigenvalue weighted by atomic mass is 9.96. The third kappa shape index (κ3) is 2.78. The van der Waals surface area contributed by atoms with Crippen LogP contribution in [0.1, 0.15) is 25.6 Å². The van der Waals surface area contributed by atoms with Gasteiger partial charge in [-0.3, -0.25) is 4.84 Å². The number of aromatic nitrogens is 3. The number of fused-ring (bicyclic) bond motifs is 1. The zero-order valence-electron chi connectivity index (χ0n) is 15.0. The van der Waals surface area contributed by atoms with Crippen molar-refractivity contribution in [2.45, 2.75) is 37.9 Å². The van der Waals surface area contributed by atoms with E-state index in [1.807, 2.05) is 6.92 Å². The highest BCUT2D eigenvalue weighted by molar-refractivity contribution is 5.95. The fourth-order valence-corrected chi connectivity index (χ4v) is 3.26. The summed E-state index contributed by atoms with van der Waals surface area (Å²) in [5, 5.41) is 20.8. The number of rotatable bonds is 7. The van der Waals surface area contributed by atoms with Crippen LogP contribution in [0, 0.1) is 0 Å². The molecule has 0 saturated carbocycles. The minimum atomic E-state index is -1.07. The SMILES string of the molecule is C=Cc1cn([C@@H]2OC(CO)C(O)[C@@]2(C)OC)c2ncnc(NOCC)c12. The van der Waals surface area contributed by atoms with Gasteiger partial charge >= 0.3 is 0 Å². The fraction of sp³-hybridized carbons (Fsp3) is 0.529. The molecule has 1 saturated heterocycles. The van der Waals surface area contributed by atoms with Gasteiger partial charge in [0, 0.05) is 18.9 Å². The summed E-state index contributed by atoms with van der Waals surface area (Å²) in [6.07, 6.45) is 2.42. The van der Waals surface area contributed by atoms with Gasteiger partial charge in [0.1, 0.15) is 29.8 Å². The highest BCUT2D eigenvalue weighted by Crippen LogP contribution is 2.43. The van der Waals surface area contributed by atoms with Crippen molar-refractivity contribution >= 4 is 22.9 Å². The molecule has 1 aliphatic rings. The zero-order chi connectivity index (χ0) is 18.9. The molecule has 0 radical (unpaired) electrons. The second-order valence-corrected chi connectivity index (χ2v) is 6.19. The van der Waals surface area contributed by atoms with Crippen LogP contribution in [0.25, 0.3) is 17.1 Å². The maximum absolute atomic E-state index is 10.5. The van der Waals surface area contributed by atoms with E-state index in [1.54, 1.807) is 23.8 Å². The van der Waals surface area contributed by atoms with E-state index in [1.165, 1.54) is 13.4 Å². The standard InChI is InChI=1S/C17H24N4O5/c1-5-10-7-21(15-12(10)14(18-9-19-15)20-25-6-2)16-17(3,24-4)13(23)11(8-22)26-16/h5,7,9,11,13,16,22-23H,1,6,8H2,2-4H3,(H,18,19,20)/t11?,13?,16-,17-/m1/s1. The molecule has 3 N–H and O–H groups in total. The van der Waals surface area contributed by atoms with E-state index in [4.69, 9.17) is 14.3 Å². The molecular formula is C17H24N4O5. The summed E-state index contributed by atoms with van der Waals surface area (Å²) in [7, 11) is 1.50. The van der Waals surface area contributed by atoms with Gasteiger partial charge in [0.2, 0.25) is 0 Å². The topological polar surface area (TPSA) is 111 Å². The molecular weight excluding hydrogens is 340 g/mol. The quantitative estimate of drug-likeness (QED) is 0.626. The number of nitrogens with one attached hydrogen (secondary N) is 1. The van der Waals surface area contributed by atoms with Crippen molar-refractivity contribution in [2.24, 2.45) is 0 Å². The Morgan fingerprint density at radius 3 is 2.88 bits per heavy atom. The summed E-state index contributed by atoms with van der Waals surface area (Å²) in [6, 6.07) is 0. The Hall–Kier alpha value is -2.04. The van der Waals surface area contributed by atoms with E-state index in [9.17, 15) is 10.2 Å². The maximum atomic E-state index is 10.5. The summed E-state index contributed by atoms with van der Waals surface area (Å²) >= 11 is 0. The first-order valence-electron chi connectivity index (χ1n) is 8.37. The van der Waals surface area contributed by atoms with Gasteiger partial charge in [-0.05, 0) is 13.8 Å². The molecule has 1 fully saturated rings. The van der Waals surface area contributed by atoms with Crippen LogP contribution in [0.4, 0.5) is 5.82 Å². The number of ether oxygens (including phenoxy) is 2. The van der Waals surface area contributed by atoms with Gasteiger partial charge in [-0.2, -0.15) is 0 Å². The molecule has 0 amide bonds. The lowest BCUT2D eigenvalue weighted by Gasteiger charge is -2.31. The molecule has 2 aromatic heterocycles. The number of hydrogen-bond acceptors (Lipinski definition) is 8. The molecule has 26 heavy (non-hydrogen) atoms. The van der Waals surface area contributed by atoms with Crippen LogP contribution in [0.15, 0.2) is 19.1 Å². The van der Waals surface area contributed by atoms with E-state index in [0.717, 1.165) is 5.56 Å². The van der Waals surface area contributed by atoms with Crippen LogP contribution in [-0.4, -0.2) is 62.9 Å². The first-order valence-corrected chi connectivity index (χ1v) is 8.37. The summed E-state index contributed by atoms with van der Waals surface area (Å²) in [5.74, 6) is 0.502. The summed E-state index contributed by atoms with van der Waals surface area (Å²) in [4.78, 5) is 13.9. The second kappa shape index (κ2) is 7.29. The van der Waals surface area contributed by atoms with Gasteiger partial charge in [0.05, 0.1) is 18.6 Å². The number of anilines is 1. The molecule has 1 aliphatic heterocycles. The van der Waals surface area contributed by atoms with Crippen molar-refractivity contribution in [1.29, 1.82) is 0 Å². The third-order valence-electron chi connectivity index (χ3n) is 4.78. The average Bonchev–Trinajstić information content (AvgIpc) is 3.16. The van der Waals surface area contributed by atoms with Crippen molar-refractivity contribution in [3.05, 3.63) is 24.7 Å².